The Morgan fingerprint density at radius 1 is 1.10 bits per heavy atom. The fraction of sp³-hybridized carbons (Fsp3) is 0.250. The maximum atomic E-state index is 12.6. The highest BCUT2D eigenvalue weighted by Gasteiger charge is 2.25. The number of nitrogens with zero attached hydrogens (tertiary/aromatic N) is 2. The number of carbonyl (C=O) groups is 1. The summed E-state index contributed by atoms with van der Waals surface area (Å²) in [7, 11) is -3.53. The number of nitrogens with one attached hydrogen (secondary N) is 1. The first-order chi connectivity index (χ1) is 14.3. The number of carbonyl (C=O) groups excluding carboxylic acids is 1. The molecule has 0 saturated carbocycles. The molecule has 2 aromatic carbocycles. The van der Waals surface area contributed by atoms with E-state index in [1.165, 1.54) is 52.9 Å². The Labute approximate surface area is 179 Å². The minimum atomic E-state index is -3.53. The van der Waals surface area contributed by atoms with Gasteiger partial charge in [-0.1, -0.05) is 24.1 Å². The minimum absolute atomic E-state index is 0.0150. The quantitative estimate of drug-likeness (QED) is 0.406. The second kappa shape index (κ2) is 9.38. The number of rotatable bonds is 6. The maximum absolute atomic E-state index is 12.6. The molecule has 158 valence electrons. The molecule has 30 heavy (non-hydrogen) atoms. The highest BCUT2D eigenvalue weighted by Crippen LogP contribution is 2.26. The number of benzene rings is 2. The van der Waals surface area contributed by atoms with Crippen molar-refractivity contribution in [2.24, 2.45) is 0 Å². The zero-order valence-corrected chi connectivity index (χ0v) is 17.5. The smallest absolute Gasteiger partial charge is 0.288 e. The molecule has 1 N–H and O–H groups in total. The van der Waals surface area contributed by atoms with Gasteiger partial charge in [0.15, 0.2) is 0 Å². The molecule has 0 aliphatic carbocycles. The maximum Gasteiger partial charge on any atom is 0.288 e. The van der Waals surface area contributed by atoms with E-state index in [1.54, 1.807) is 6.07 Å². The lowest BCUT2D eigenvalue weighted by atomic mass is 10.2. The van der Waals surface area contributed by atoms with Gasteiger partial charge in [0, 0.05) is 30.9 Å². The van der Waals surface area contributed by atoms with Crippen molar-refractivity contribution in [3.63, 3.8) is 0 Å². The minimum Gasteiger partial charge on any atom is -0.323 e. The molecule has 1 saturated heterocycles. The molecule has 1 amide bonds. The van der Waals surface area contributed by atoms with Crippen LogP contribution in [-0.4, -0.2) is 36.6 Å². The molecule has 8 nitrogen and oxygen atoms in total. The van der Waals surface area contributed by atoms with Crippen molar-refractivity contribution in [2.75, 3.05) is 18.4 Å². The number of anilines is 1. The number of nitro groups is 1. The van der Waals surface area contributed by atoms with E-state index in [2.05, 4.69) is 5.32 Å². The van der Waals surface area contributed by atoms with Gasteiger partial charge in [0.05, 0.1) is 9.82 Å². The number of halogens is 1. The van der Waals surface area contributed by atoms with Crippen molar-refractivity contribution in [3.8, 4) is 0 Å². The van der Waals surface area contributed by atoms with Crippen molar-refractivity contribution in [2.45, 2.75) is 24.2 Å². The molecule has 3 rings (SSSR count). The van der Waals surface area contributed by atoms with Crippen LogP contribution in [0.5, 0.6) is 0 Å². The molecular formula is C20H20ClN3O5S. The number of amides is 1. The summed E-state index contributed by atoms with van der Waals surface area (Å²) in [5.41, 5.74) is 0.637. The van der Waals surface area contributed by atoms with Crippen LogP contribution < -0.4 is 5.32 Å². The van der Waals surface area contributed by atoms with Gasteiger partial charge in [-0.2, -0.15) is 4.31 Å². The molecular weight excluding hydrogens is 430 g/mol. The number of hydrogen-bond donors (Lipinski definition) is 1. The van der Waals surface area contributed by atoms with Gasteiger partial charge < -0.3 is 5.32 Å². The van der Waals surface area contributed by atoms with Crippen molar-refractivity contribution in [3.05, 3.63) is 69.2 Å². The highest BCUT2D eigenvalue weighted by molar-refractivity contribution is 7.89. The summed E-state index contributed by atoms with van der Waals surface area (Å²) < 4.78 is 26.8. The first kappa shape index (κ1) is 21.9. The molecule has 2 aromatic rings. The molecule has 0 bridgehead atoms. The molecule has 1 fully saturated rings. The number of piperidine rings is 1. The average molecular weight is 450 g/mol. The van der Waals surface area contributed by atoms with Gasteiger partial charge in [-0.15, -0.1) is 0 Å². The molecule has 1 aliphatic rings. The van der Waals surface area contributed by atoms with Crippen LogP contribution in [0.4, 0.5) is 11.4 Å². The summed E-state index contributed by atoms with van der Waals surface area (Å²) in [5.74, 6) is -0.459. The molecule has 1 heterocycles. The predicted octanol–water partition coefficient (Wildman–Crippen LogP) is 4.07. The number of sulfonamides is 1. The van der Waals surface area contributed by atoms with Crippen molar-refractivity contribution < 1.29 is 18.1 Å². The largest absolute Gasteiger partial charge is 0.323 e. The fourth-order valence-corrected chi connectivity index (χ4v) is 4.80. The van der Waals surface area contributed by atoms with Gasteiger partial charge in [0.25, 0.3) is 5.69 Å². The predicted molar refractivity (Wildman–Crippen MR) is 115 cm³/mol. The molecule has 1 aliphatic heterocycles. The summed E-state index contributed by atoms with van der Waals surface area (Å²) in [6, 6.07) is 10.2. The molecule has 10 heteroatoms. The van der Waals surface area contributed by atoms with Crippen molar-refractivity contribution in [1.29, 1.82) is 0 Å². The van der Waals surface area contributed by atoms with E-state index in [9.17, 15) is 23.3 Å². The zero-order chi connectivity index (χ0) is 21.7. The fourth-order valence-electron chi connectivity index (χ4n) is 3.09. The third-order valence-corrected chi connectivity index (χ3v) is 6.90. The normalized spacial score (nSPS) is 15.2. The van der Waals surface area contributed by atoms with E-state index in [0.717, 1.165) is 19.3 Å². The molecule has 0 spiro atoms. The standard InChI is InChI=1S/C20H20ClN3O5S/c21-18-10-4-15(14-19(18)24(26)27)5-11-20(25)22-16-6-8-17(9-7-16)30(28,29)23-12-2-1-3-13-23/h4-11,14H,1-3,12-13H2,(H,22,25). The van der Waals surface area contributed by atoms with Crippen LogP contribution in [0.15, 0.2) is 53.4 Å². The lowest BCUT2D eigenvalue weighted by Crippen LogP contribution is -2.35. The SMILES string of the molecule is O=C(C=Cc1ccc(Cl)c([N+](=O)[O-])c1)Nc1ccc(S(=O)(=O)N2CCCCC2)cc1. The van der Waals surface area contributed by atoms with E-state index in [-0.39, 0.29) is 15.6 Å². The van der Waals surface area contributed by atoms with Gasteiger partial charge in [-0.05, 0) is 54.8 Å². The third-order valence-electron chi connectivity index (χ3n) is 4.67. The lowest BCUT2D eigenvalue weighted by molar-refractivity contribution is -0.384. The zero-order valence-electron chi connectivity index (χ0n) is 16.0. The van der Waals surface area contributed by atoms with E-state index in [4.69, 9.17) is 11.6 Å². The first-order valence-corrected chi connectivity index (χ1v) is 11.1. The van der Waals surface area contributed by atoms with E-state index in [1.807, 2.05) is 0 Å². The summed E-state index contributed by atoms with van der Waals surface area (Å²) in [6.07, 6.45) is 5.40. The molecule has 0 atom stereocenters. The summed E-state index contributed by atoms with van der Waals surface area (Å²) in [5, 5.41) is 13.6. The van der Waals surface area contributed by atoms with Crippen molar-refractivity contribution in [1.82, 2.24) is 4.31 Å². The van der Waals surface area contributed by atoms with Gasteiger partial charge >= 0.3 is 0 Å². The topological polar surface area (TPSA) is 110 Å². The Hall–Kier alpha value is -2.75. The van der Waals surface area contributed by atoms with Gasteiger partial charge in [-0.3, -0.25) is 14.9 Å². The Bertz CT molecular complexity index is 1080. The molecule has 0 radical (unpaired) electrons. The Morgan fingerprint density at radius 3 is 2.40 bits per heavy atom. The molecule has 0 unspecified atom stereocenters. The monoisotopic (exact) mass is 449 g/mol. The Morgan fingerprint density at radius 2 is 1.77 bits per heavy atom. The summed E-state index contributed by atoms with van der Waals surface area (Å²) >= 11 is 5.76. The van der Waals surface area contributed by atoms with Crippen LogP contribution >= 0.6 is 11.6 Å². The van der Waals surface area contributed by atoms with Crippen LogP contribution in [0.1, 0.15) is 24.8 Å². The summed E-state index contributed by atoms with van der Waals surface area (Å²) in [4.78, 5) is 22.6. The lowest BCUT2D eigenvalue weighted by Gasteiger charge is -2.25. The van der Waals surface area contributed by atoms with Crippen LogP contribution in [0.3, 0.4) is 0 Å². The molecule has 0 aromatic heterocycles. The van der Waals surface area contributed by atoms with E-state index < -0.39 is 20.9 Å². The van der Waals surface area contributed by atoms with Crippen LogP contribution in [-0.2, 0) is 14.8 Å². The van der Waals surface area contributed by atoms with Gasteiger partial charge in [0.1, 0.15) is 5.02 Å². The van der Waals surface area contributed by atoms with E-state index >= 15 is 0 Å². The Balaban J connectivity index is 1.65. The van der Waals surface area contributed by atoms with Gasteiger partial charge in [0.2, 0.25) is 15.9 Å². The van der Waals surface area contributed by atoms with Crippen LogP contribution in [0, 0.1) is 10.1 Å². The summed E-state index contributed by atoms with van der Waals surface area (Å²) in [6.45, 7) is 1.04. The van der Waals surface area contributed by atoms with Crippen LogP contribution in [0.25, 0.3) is 6.08 Å². The second-order valence-corrected chi connectivity index (χ2v) is 9.12. The van der Waals surface area contributed by atoms with Crippen molar-refractivity contribution >= 4 is 45.0 Å². The average Bonchev–Trinajstić information content (AvgIpc) is 2.74. The highest BCUT2D eigenvalue weighted by atomic mass is 35.5. The number of hydrogen-bond acceptors (Lipinski definition) is 5. The number of nitro benzene ring substituents is 1. The Kier molecular flexibility index (Phi) is 6.86. The third kappa shape index (κ3) is 5.24. The van der Waals surface area contributed by atoms with Gasteiger partial charge in [-0.25, -0.2) is 8.42 Å². The first-order valence-electron chi connectivity index (χ1n) is 9.30. The van der Waals surface area contributed by atoms with Crippen LogP contribution in [0.2, 0.25) is 5.02 Å². The van der Waals surface area contributed by atoms with E-state index in [0.29, 0.717) is 24.3 Å². The second-order valence-electron chi connectivity index (χ2n) is 6.78.